The molecule has 1 aliphatic rings. The van der Waals surface area contributed by atoms with E-state index in [0.29, 0.717) is 6.54 Å². The number of ether oxygens (including phenoxy) is 1. The van der Waals surface area contributed by atoms with Gasteiger partial charge in [0.15, 0.2) is 0 Å². The van der Waals surface area contributed by atoms with Crippen molar-refractivity contribution >= 4 is 21.6 Å². The van der Waals surface area contributed by atoms with Crippen LogP contribution in [0.4, 0.5) is 5.69 Å². The summed E-state index contributed by atoms with van der Waals surface area (Å²) in [6.07, 6.45) is 1.37. The molecule has 3 nitrogen and oxygen atoms in total. The molecule has 0 aromatic heterocycles. The molecule has 1 aromatic carbocycles. The smallest absolute Gasteiger partial charge is 0.0721 e. The van der Waals surface area contributed by atoms with Gasteiger partial charge in [-0.15, -0.1) is 0 Å². The van der Waals surface area contributed by atoms with Crippen molar-refractivity contribution in [2.75, 3.05) is 24.6 Å². The lowest BCUT2D eigenvalue weighted by Gasteiger charge is -2.25. The molecule has 4 heteroatoms. The summed E-state index contributed by atoms with van der Waals surface area (Å²) in [6.45, 7) is 5.55. The SMILES string of the molecule is CC1CN(c2cc(Br)cc(CN)c2)CCCO1. The number of benzene rings is 1. The Bertz CT molecular complexity index is 384. The number of halogens is 1. The Labute approximate surface area is 111 Å². The van der Waals surface area contributed by atoms with E-state index in [4.69, 9.17) is 10.5 Å². The minimum atomic E-state index is 0.290. The predicted octanol–water partition coefficient (Wildman–Crippen LogP) is 2.52. The van der Waals surface area contributed by atoms with E-state index >= 15 is 0 Å². The maximum atomic E-state index is 5.71. The molecule has 1 saturated heterocycles. The standard InChI is InChI=1S/C13H19BrN2O/c1-10-9-16(3-2-4-17-10)13-6-11(8-15)5-12(14)7-13/h5-7,10H,2-4,8-9,15H2,1H3. The van der Waals surface area contributed by atoms with Crippen LogP contribution in [-0.2, 0) is 11.3 Å². The number of rotatable bonds is 2. The number of nitrogens with two attached hydrogens (primary N) is 1. The Morgan fingerprint density at radius 3 is 3.06 bits per heavy atom. The van der Waals surface area contributed by atoms with E-state index in [1.54, 1.807) is 0 Å². The normalized spacial score (nSPS) is 21.4. The molecule has 2 N–H and O–H groups in total. The Balaban J connectivity index is 2.22. The highest BCUT2D eigenvalue weighted by Gasteiger charge is 2.16. The molecule has 0 amide bonds. The van der Waals surface area contributed by atoms with Crippen LogP contribution in [0.3, 0.4) is 0 Å². The zero-order valence-electron chi connectivity index (χ0n) is 10.2. The van der Waals surface area contributed by atoms with Crippen molar-refractivity contribution in [1.29, 1.82) is 0 Å². The van der Waals surface area contributed by atoms with Crippen LogP contribution in [-0.4, -0.2) is 25.8 Å². The number of hydrogen-bond acceptors (Lipinski definition) is 3. The van der Waals surface area contributed by atoms with E-state index in [9.17, 15) is 0 Å². The van der Waals surface area contributed by atoms with E-state index < -0.39 is 0 Å². The minimum absolute atomic E-state index is 0.290. The third-order valence-electron chi connectivity index (χ3n) is 3.00. The van der Waals surface area contributed by atoms with Gasteiger partial charge in [-0.25, -0.2) is 0 Å². The Kier molecular flexibility index (Phi) is 4.42. The van der Waals surface area contributed by atoms with E-state index in [0.717, 1.165) is 36.2 Å². The molecule has 2 rings (SSSR count). The van der Waals surface area contributed by atoms with Gasteiger partial charge in [-0.3, -0.25) is 0 Å². The van der Waals surface area contributed by atoms with E-state index in [-0.39, 0.29) is 6.10 Å². The van der Waals surface area contributed by atoms with Crippen LogP contribution >= 0.6 is 15.9 Å². The second-order valence-electron chi connectivity index (χ2n) is 4.50. The van der Waals surface area contributed by atoms with Crippen LogP contribution in [0.25, 0.3) is 0 Å². The summed E-state index contributed by atoms with van der Waals surface area (Å²) >= 11 is 3.54. The van der Waals surface area contributed by atoms with Crippen LogP contribution < -0.4 is 10.6 Å². The van der Waals surface area contributed by atoms with Crippen LogP contribution in [0, 0.1) is 0 Å². The molecule has 0 spiro atoms. The van der Waals surface area contributed by atoms with E-state index in [1.807, 2.05) is 0 Å². The van der Waals surface area contributed by atoms with Crippen molar-refractivity contribution < 1.29 is 4.74 Å². The van der Waals surface area contributed by atoms with E-state index in [2.05, 4.69) is 46.0 Å². The van der Waals surface area contributed by atoms with Crippen molar-refractivity contribution in [3.05, 3.63) is 28.2 Å². The molecule has 1 aliphatic heterocycles. The monoisotopic (exact) mass is 298 g/mol. The molecule has 0 aliphatic carbocycles. The van der Waals surface area contributed by atoms with Gasteiger partial charge in [0.1, 0.15) is 0 Å². The molecule has 1 heterocycles. The zero-order chi connectivity index (χ0) is 12.3. The summed E-state index contributed by atoms with van der Waals surface area (Å²) in [5, 5.41) is 0. The first kappa shape index (κ1) is 12.9. The summed E-state index contributed by atoms with van der Waals surface area (Å²) in [7, 11) is 0. The molecule has 1 aromatic rings. The van der Waals surface area contributed by atoms with Gasteiger partial charge in [0, 0.05) is 36.4 Å². The fraction of sp³-hybridized carbons (Fsp3) is 0.538. The second-order valence-corrected chi connectivity index (χ2v) is 5.42. The zero-order valence-corrected chi connectivity index (χ0v) is 11.7. The molecule has 1 atom stereocenters. The van der Waals surface area contributed by atoms with Gasteiger partial charge in [0.05, 0.1) is 6.10 Å². The van der Waals surface area contributed by atoms with Crippen LogP contribution in [0.2, 0.25) is 0 Å². The van der Waals surface area contributed by atoms with Gasteiger partial charge in [0.25, 0.3) is 0 Å². The van der Waals surface area contributed by atoms with Crippen molar-refractivity contribution in [2.45, 2.75) is 26.0 Å². The molecule has 1 fully saturated rings. The summed E-state index contributed by atoms with van der Waals surface area (Å²) in [4.78, 5) is 2.38. The molecule has 17 heavy (non-hydrogen) atoms. The van der Waals surface area contributed by atoms with Crippen LogP contribution in [0.15, 0.2) is 22.7 Å². The van der Waals surface area contributed by atoms with Crippen molar-refractivity contribution in [3.63, 3.8) is 0 Å². The lowest BCUT2D eigenvalue weighted by atomic mass is 10.1. The quantitative estimate of drug-likeness (QED) is 0.912. The van der Waals surface area contributed by atoms with Crippen LogP contribution in [0.1, 0.15) is 18.9 Å². The molecular formula is C13H19BrN2O. The first-order valence-electron chi connectivity index (χ1n) is 6.05. The molecular weight excluding hydrogens is 280 g/mol. The largest absolute Gasteiger partial charge is 0.377 e. The van der Waals surface area contributed by atoms with Gasteiger partial charge in [-0.05, 0) is 37.1 Å². The fourth-order valence-corrected chi connectivity index (χ4v) is 2.69. The average molecular weight is 299 g/mol. The maximum absolute atomic E-state index is 5.71. The molecule has 0 radical (unpaired) electrons. The van der Waals surface area contributed by atoms with Crippen molar-refractivity contribution in [1.82, 2.24) is 0 Å². The first-order chi connectivity index (χ1) is 8.19. The van der Waals surface area contributed by atoms with Gasteiger partial charge in [-0.2, -0.15) is 0 Å². The van der Waals surface area contributed by atoms with Crippen LogP contribution in [0.5, 0.6) is 0 Å². The molecule has 1 unspecified atom stereocenters. The van der Waals surface area contributed by atoms with Gasteiger partial charge in [0.2, 0.25) is 0 Å². The van der Waals surface area contributed by atoms with Gasteiger partial charge >= 0.3 is 0 Å². The topological polar surface area (TPSA) is 38.5 Å². The third kappa shape index (κ3) is 3.44. The molecule has 94 valence electrons. The molecule has 0 saturated carbocycles. The lowest BCUT2D eigenvalue weighted by Crippen LogP contribution is -2.30. The summed E-state index contributed by atoms with van der Waals surface area (Å²) in [5.41, 5.74) is 8.10. The second kappa shape index (κ2) is 5.85. The number of nitrogens with zero attached hydrogens (tertiary/aromatic N) is 1. The predicted molar refractivity (Wildman–Crippen MR) is 74.3 cm³/mol. The van der Waals surface area contributed by atoms with Crippen molar-refractivity contribution in [3.8, 4) is 0 Å². The Morgan fingerprint density at radius 2 is 2.29 bits per heavy atom. The summed E-state index contributed by atoms with van der Waals surface area (Å²) in [5.74, 6) is 0. The summed E-state index contributed by atoms with van der Waals surface area (Å²) in [6, 6.07) is 6.39. The highest BCUT2D eigenvalue weighted by molar-refractivity contribution is 9.10. The third-order valence-corrected chi connectivity index (χ3v) is 3.45. The first-order valence-corrected chi connectivity index (χ1v) is 6.84. The highest BCUT2D eigenvalue weighted by Crippen LogP contribution is 2.24. The maximum Gasteiger partial charge on any atom is 0.0721 e. The number of hydrogen-bond donors (Lipinski definition) is 1. The minimum Gasteiger partial charge on any atom is -0.377 e. The van der Waals surface area contributed by atoms with Crippen molar-refractivity contribution in [2.24, 2.45) is 5.73 Å². The lowest BCUT2D eigenvalue weighted by molar-refractivity contribution is 0.0821. The average Bonchev–Trinajstić information content (AvgIpc) is 2.53. The molecule has 0 bridgehead atoms. The fourth-order valence-electron chi connectivity index (χ4n) is 2.16. The summed E-state index contributed by atoms with van der Waals surface area (Å²) < 4.78 is 6.75. The highest BCUT2D eigenvalue weighted by atomic mass is 79.9. The Hall–Kier alpha value is -0.580. The van der Waals surface area contributed by atoms with E-state index in [1.165, 1.54) is 5.69 Å². The van der Waals surface area contributed by atoms with Gasteiger partial charge < -0.3 is 15.4 Å². The van der Waals surface area contributed by atoms with Gasteiger partial charge in [-0.1, -0.05) is 15.9 Å². The Morgan fingerprint density at radius 1 is 1.47 bits per heavy atom. The number of anilines is 1.